The van der Waals surface area contributed by atoms with Gasteiger partial charge in [0.1, 0.15) is 0 Å². The highest BCUT2D eigenvalue weighted by Gasteiger charge is 2.25. The van der Waals surface area contributed by atoms with Crippen LogP contribution in [-0.4, -0.2) is 27.2 Å². The van der Waals surface area contributed by atoms with E-state index in [9.17, 15) is 14.9 Å². The maximum atomic E-state index is 13.0. The molecule has 0 bridgehead atoms. The summed E-state index contributed by atoms with van der Waals surface area (Å²) < 4.78 is 1.51. The van der Waals surface area contributed by atoms with Gasteiger partial charge in [-0.25, -0.2) is 0 Å². The van der Waals surface area contributed by atoms with Crippen molar-refractivity contribution in [3.05, 3.63) is 73.6 Å². The van der Waals surface area contributed by atoms with E-state index in [1.807, 2.05) is 28.5 Å². The van der Waals surface area contributed by atoms with Gasteiger partial charge in [-0.1, -0.05) is 17.7 Å². The number of hydrogen-bond donors (Lipinski definition) is 0. The van der Waals surface area contributed by atoms with E-state index in [0.29, 0.717) is 18.0 Å². The molecule has 0 N–H and O–H groups in total. The van der Waals surface area contributed by atoms with Crippen LogP contribution in [0.15, 0.2) is 41.9 Å². The average Bonchev–Trinajstić information content (AvgIpc) is 3.30. The fourth-order valence-corrected chi connectivity index (χ4v) is 4.22. The van der Waals surface area contributed by atoms with Gasteiger partial charge in [0.2, 0.25) is 0 Å². The Kier molecular flexibility index (Phi) is 4.49. The topological polar surface area (TPSA) is 81.3 Å². The molecule has 0 radical (unpaired) electrons. The minimum absolute atomic E-state index is 0.00231. The molecule has 0 saturated carbocycles. The van der Waals surface area contributed by atoms with E-state index in [-0.39, 0.29) is 11.7 Å². The summed E-state index contributed by atoms with van der Waals surface area (Å²) in [6, 6.07) is 9.43. The Balaban J connectivity index is 1.53. The van der Waals surface area contributed by atoms with Crippen molar-refractivity contribution in [2.24, 2.45) is 0 Å². The maximum Gasteiger partial charge on any atom is 0.389 e. The third kappa shape index (κ3) is 3.48. The second-order valence-corrected chi connectivity index (χ2v) is 7.55. The van der Waals surface area contributed by atoms with Gasteiger partial charge in [0.05, 0.1) is 28.8 Å². The van der Waals surface area contributed by atoms with Crippen molar-refractivity contribution in [1.29, 1.82) is 0 Å². The highest BCUT2D eigenvalue weighted by molar-refractivity contribution is 7.12. The fourth-order valence-electron chi connectivity index (χ4n) is 3.36. The van der Waals surface area contributed by atoms with Crippen LogP contribution in [0.4, 0.5) is 11.5 Å². The summed E-state index contributed by atoms with van der Waals surface area (Å²) in [5, 5.41) is 16.6. The summed E-state index contributed by atoms with van der Waals surface area (Å²) in [7, 11) is 0. The molecular weight excluding hydrogens is 364 g/mol. The molecule has 1 aromatic carbocycles. The van der Waals surface area contributed by atoms with Gasteiger partial charge in [-0.2, -0.15) is 4.68 Å². The zero-order valence-electron chi connectivity index (χ0n) is 14.8. The minimum Gasteiger partial charge on any atom is -0.358 e. The van der Waals surface area contributed by atoms with Gasteiger partial charge in [-0.3, -0.25) is 4.79 Å². The number of hydrogen-bond acceptors (Lipinski definition) is 5. The molecule has 7 nitrogen and oxygen atoms in total. The molecule has 3 heterocycles. The lowest BCUT2D eigenvalue weighted by Crippen LogP contribution is -2.35. The molecule has 0 fully saturated rings. The standard InChI is InChI=1S/C19H18N4O3S/c1-13-4-5-16-15(9-13)3-2-7-22(16)19(24)17-10-14(12-27-17)11-21-8-6-18(20-21)23(25)26/h4-6,8-10,12H,2-3,7,11H2,1H3. The Morgan fingerprint density at radius 3 is 2.96 bits per heavy atom. The molecule has 3 aromatic rings. The van der Waals surface area contributed by atoms with Crippen molar-refractivity contribution in [3.63, 3.8) is 0 Å². The summed E-state index contributed by atoms with van der Waals surface area (Å²) in [5.74, 6) is -0.177. The van der Waals surface area contributed by atoms with Crippen LogP contribution in [0.2, 0.25) is 0 Å². The first-order valence-electron chi connectivity index (χ1n) is 8.68. The molecule has 1 amide bonds. The van der Waals surface area contributed by atoms with Crippen molar-refractivity contribution in [2.45, 2.75) is 26.3 Å². The Morgan fingerprint density at radius 1 is 1.33 bits per heavy atom. The van der Waals surface area contributed by atoms with Gasteiger partial charge in [0.25, 0.3) is 5.91 Å². The Hall–Kier alpha value is -3.00. The predicted octanol–water partition coefficient (Wildman–Crippen LogP) is 3.80. The van der Waals surface area contributed by atoms with Gasteiger partial charge < -0.3 is 15.0 Å². The molecule has 8 heteroatoms. The molecule has 0 unspecified atom stereocenters. The zero-order chi connectivity index (χ0) is 19.0. The summed E-state index contributed by atoms with van der Waals surface area (Å²) in [4.78, 5) is 25.8. The molecule has 4 rings (SSSR count). The number of aromatic nitrogens is 2. The van der Waals surface area contributed by atoms with Gasteiger partial charge in [0, 0.05) is 12.2 Å². The quantitative estimate of drug-likeness (QED) is 0.508. The molecule has 1 aliphatic rings. The maximum absolute atomic E-state index is 13.0. The van der Waals surface area contributed by atoms with E-state index in [0.717, 1.165) is 24.1 Å². The molecule has 1 aliphatic heterocycles. The highest BCUT2D eigenvalue weighted by Crippen LogP contribution is 2.30. The number of aryl methyl sites for hydroxylation is 2. The van der Waals surface area contributed by atoms with Gasteiger partial charge in [0.15, 0.2) is 0 Å². The smallest absolute Gasteiger partial charge is 0.358 e. The molecule has 0 saturated heterocycles. The van der Waals surface area contributed by atoms with Crippen LogP contribution in [0, 0.1) is 17.0 Å². The number of fused-ring (bicyclic) bond motifs is 1. The van der Waals surface area contributed by atoms with Crippen molar-refractivity contribution in [3.8, 4) is 0 Å². The van der Waals surface area contributed by atoms with Crippen molar-refractivity contribution in [1.82, 2.24) is 9.78 Å². The minimum atomic E-state index is -0.519. The zero-order valence-corrected chi connectivity index (χ0v) is 15.6. The molecule has 27 heavy (non-hydrogen) atoms. The molecule has 2 aromatic heterocycles. The molecule has 0 spiro atoms. The van der Waals surface area contributed by atoms with E-state index in [2.05, 4.69) is 18.1 Å². The second kappa shape index (κ2) is 6.96. The average molecular weight is 382 g/mol. The Bertz CT molecular complexity index is 1020. The molecule has 0 atom stereocenters. The number of carbonyl (C=O) groups excluding carboxylic acids is 1. The first kappa shape index (κ1) is 17.4. The van der Waals surface area contributed by atoms with Crippen LogP contribution in [0.1, 0.15) is 32.8 Å². The number of rotatable bonds is 4. The van der Waals surface area contributed by atoms with E-state index in [4.69, 9.17) is 0 Å². The van der Waals surface area contributed by atoms with E-state index in [1.165, 1.54) is 33.2 Å². The summed E-state index contributed by atoms with van der Waals surface area (Å²) in [6.45, 7) is 3.17. The van der Waals surface area contributed by atoms with Gasteiger partial charge in [-0.05, 0) is 53.3 Å². The highest BCUT2D eigenvalue weighted by atomic mass is 32.1. The molecule has 0 aliphatic carbocycles. The van der Waals surface area contributed by atoms with E-state index >= 15 is 0 Å². The number of nitrogens with zero attached hydrogens (tertiary/aromatic N) is 4. The summed E-state index contributed by atoms with van der Waals surface area (Å²) >= 11 is 1.40. The summed E-state index contributed by atoms with van der Waals surface area (Å²) in [6.07, 6.45) is 3.52. The van der Waals surface area contributed by atoms with Crippen LogP contribution < -0.4 is 4.90 Å². The third-order valence-corrected chi connectivity index (χ3v) is 5.59. The SMILES string of the molecule is Cc1ccc2c(c1)CCCN2C(=O)c1cc(Cn2ccc([N+](=O)[O-])n2)cs1. The van der Waals surface area contributed by atoms with Crippen molar-refractivity contribution < 1.29 is 9.72 Å². The van der Waals surface area contributed by atoms with Crippen LogP contribution in [0.25, 0.3) is 0 Å². The number of amides is 1. The predicted molar refractivity (Wildman–Crippen MR) is 103 cm³/mol. The van der Waals surface area contributed by atoms with E-state index in [1.54, 1.807) is 6.20 Å². The Labute approximate surface area is 160 Å². The van der Waals surface area contributed by atoms with E-state index < -0.39 is 4.92 Å². The van der Waals surface area contributed by atoms with Crippen LogP contribution in [0.3, 0.4) is 0 Å². The lowest BCUT2D eigenvalue weighted by atomic mass is 9.99. The number of benzene rings is 1. The van der Waals surface area contributed by atoms with Crippen LogP contribution >= 0.6 is 11.3 Å². The first-order chi connectivity index (χ1) is 13.0. The van der Waals surface area contributed by atoms with Crippen LogP contribution in [0.5, 0.6) is 0 Å². The lowest BCUT2D eigenvalue weighted by molar-refractivity contribution is -0.389. The van der Waals surface area contributed by atoms with Gasteiger partial charge >= 0.3 is 5.82 Å². The number of carbonyl (C=O) groups is 1. The largest absolute Gasteiger partial charge is 0.389 e. The third-order valence-electron chi connectivity index (χ3n) is 4.62. The fraction of sp³-hybridized carbons (Fsp3) is 0.263. The molecular formula is C19H18N4O3S. The number of anilines is 1. The normalized spacial score (nSPS) is 13.4. The van der Waals surface area contributed by atoms with Crippen LogP contribution in [-0.2, 0) is 13.0 Å². The Morgan fingerprint density at radius 2 is 2.19 bits per heavy atom. The second-order valence-electron chi connectivity index (χ2n) is 6.64. The lowest BCUT2D eigenvalue weighted by Gasteiger charge is -2.29. The first-order valence-corrected chi connectivity index (χ1v) is 9.56. The molecule has 138 valence electrons. The number of thiophene rings is 1. The summed E-state index contributed by atoms with van der Waals surface area (Å²) in [5.41, 5.74) is 4.32. The van der Waals surface area contributed by atoms with Gasteiger partial charge in [-0.15, -0.1) is 11.3 Å². The van der Waals surface area contributed by atoms with Crippen molar-refractivity contribution in [2.75, 3.05) is 11.4 Å². The monoisotopic (exact) mass is 382 g/mol. The number of nitro groups is 1. The van der Waals surface area contributed by atoms with Crippen molar-refractivity contribution >= 4 is 28.7 Å².